The third kappa shape index (κ3) is 4.78. The van der Waals surface area contributed by atoms with E-state index in [4.69, 9.17) is 0 Å². The maximum atomic E-state index is 10.5. The highest BCUT2D eigenvalue weighted by Gasteiger charge is 2.08. The first kappa shape index (κ1) is 12.0. The quantitative estimate of drug-likeness (QED) is 0.680. The molecule has 0 heterocycles. The van der Waals surface area contributed by atoms with Gasteiger partial charge in [-0.25, -0.2) is 0 Å². The monoisotopic (exact) mass is 204 g/mol. The molecule has 0 saturated heterocycles. The highest BCUT2D eigenvalue weighted by atomic mass is 16.1. The van der Waals surface area contributed by atoms with E-state index in [0.717, 1.165) is 18.3 Å². The Morgan fingerprint density at radius 3 is 2.20 bits per heavy atom. The third-order valence-electron chi connectivity index (χ3n) is 2.51. The highest BCUT2D eigenvalue weighted by Crippen LogP contribution is 2.21. The maximum absolute atomic E-state index is 10.5. The molecule has 0 aliphatic carbocycles. The maximum Gasteiger partial charge on any atom is 0.150 e. The van der Waals surface area contributed by atoms with Gasteiger partial charge in [-0.2, -0.15) is 0 Å². The lowest BCUT2D eigenvalue weighted by Gasteiger charge is -2.17. The number of benzene rings is 1. The van der Waals surface area contributed by atoms with Gasteiger partial charge in [0.15, 0.2) is 0 Å². The van der Waals surface area contributed by atoms with Crippen LogP contribution in [0.2, 0.25) is 0 Å². The highest BCUT2D eigenvalue weighted by molar-refractivity contribution is 5.74. The van der Waals surface area contributed by atoms with E-state index in [9.17, 15) is 4.79 Å². The van der Waals surface area contributed by atoms with Crippen molar-refractivity contribution < 1.29 is 4.79 Å². The van der Waals surface area contributed by atoms with E-state index < -0.39 is 0 Å². The number of hydrogen-bond acceptors (Lipinski definition) is 1. The lowest BCUT2D eigenvalue weighted by atomic mass is 9.89. The second-order valence-corrected chi connectivity index (χ2v) is 5.27. The average molecular weight is 204 g/mol. The zero-order chi connectivity index (χ0) is 11.3. The van der Waals surface area contributed by atoms with Crippen LogP contribution in [0.25, 0.3) is 0 Å². The molecule has 0 radical (unpaired) electrons. The fourth-order valence-corrected chi connectivity index (χ4v) is 1.59. The van der Waals surface area contributed by atoms with Gasteiger partial charge in [-0.15, -0.1) is 0 Å². The zero-order valence-electron chi connectivity index (χ0n) is 9.92. The molecule has 1 heteroatoms. The molecule has 0 aliphatic rings. The fourth-order valence-electron chi connectivity index (χ4n) is 1.59. The van der Waals surface area contributed by atoms with Gasteiger partial charge in [0.25, 0.3) is 0 Å². The summed E-state index contributed by atoms with van der Waals surface area (Å²) in [6.07, 6.45) is 4.45. The van der Waals surface area contributed by atoms with Gasteiger partial charge in [-0.1, -0.05) is 45.0 Å². The molecule has 0 aliphatic heterocycles. The Morgan fingerprint density at radius 2 is 1.73 bits per heavy atom. The molecule has 0 unspecified atom stereocenters. The van der Waals surface area contributed by atoms with Crippen LogP contribution in [0.1, 0.15) is 49.5 Å². The van der Waals surface area contributed by atoms with Crippen molar-refractivity contribution in [2.75, 3.05) is 0 Å². The van der Waals surface area contributed by atoms with Crippen LogP contribution in [0.5, 0.6) is 0 Å². The van der Waals surface area contributed by atoms with Crippen molar-refractivity contribution in [2.24, 2.45) is 5.41 Å². The Morgan fingerprint density at radius 1 is 1.13 bits per heavy atom. The van der Waals surface area contributed by atoms with Crippen molar-refractivity contribution in [3.05, 3.63) is 35.4 Å². The first-order chi connectivity index (χ1) is 7.01. The van der Waals surface area contributed by atoms with E-state index >= 15 is 0 Å². The molecule has 0 amide bonds. The molecular weight excluding hydrogens is 184 g/mol. The molecule has 1 nitrogen and oxygen atoms in total. The van der Waals surface area contributed by atoms with Crippen LogP contribution in [0, 0.1) is 5.41 Å². The van der Waals surface area contributed by atoms with Crippen molar-refractivity contribution in [2.45, 2.75) is 40.0 Å². The van der Waals surface area contributed by atoms with Crippen molar-refractivity contribution in [1.82, 2.24) is 0 Å². The molecule has 0 N–H and O–H groups in total. The minimum Gasteiger partial charge on any atom is -0.298 e. The van der Waals surface area contributed by atoms with E-state index in [0.29, 0.717) is 5.41 Å². The summed E-state index contributed by atoms with van der Waals surface area (Å²) in [6.45, 7) is 6.80. The molecule has 0 atom stereocenters. The second kappa shape index (κ2) is 5.11. The van der Waals surface area contributed by atoms with Crippen LogP contribution in [0.3, 0.4) is 0 Å². The molecule has 1 aromatic carbocycles. The Balaban J connectivity index is 2.41. The summed E-state index contributed by atoms with van der Waals surface area (Å²) >= 11 is 0. The predicted molar refractivity (Wildman–Crippen MR) is 64.2 cm³/mol. The van der Waals surface area contributed by atoms with E-state index in [-0.39, 0.29) is 0 Å². The molecule has 0 fully saturated rings. The number of hydrogen-bond donors (Lipinski definition) is 0. The SMILES string of the molecule is CC(C)(C)CCCc1ccc(C=O)cc1. The number of rotatable bonds is 4. The van der Waals surface area contributed by atoms with Crippen LogP contribution >= 0.6 is 0 Å². The van der Waals surface area contributed by atoms with Crippen LogP contribution < -0.4 is 0 Å². The van der Waals surface area contributed by atoms with Crippen molar-refractivity contribution in [3.8, 4) is 0 Å². The van der Waals surface area contributed by atoms with Crippen molar-refractivity contribution in [1.29, 1.82) is 0 Å². The first-order valence-electron chi connectivity index (χ1n) is 5.55. The molecule has 0 spiro atoms. The summed E-state index contributed by atoms with van der Waals surface area (Å²) in [4.78, 5) is 10.5. The van der Waals surface area contributed by atoms with Gasteiger partial charge in [-0.3, -0.25) is 4.79 Å². The van der Waals surface area contributed by atoms with Gasteiger partial charge in [0.05, 0.1) is 0 Å². The van der Waals surface area contributed by atoms with Gasteiger partial charge in [-0.05, 0) is 30.2 Å². The van der Waals surface area contributed by atoms with Crippen molar-refractivity contribution in [3.63, 3.8) is 0 Å². The van der Waals surface area contributed by atoms with E-state index in [1.807, 2.05) is 24.3 Å². The molecule has 15 heavy (non-hydrogen) atoms. The molecule has 1 aromatic rings. The normalized spacial score (nSPS) is 11.4. The number of carbonyl (C=O) groups is 1. The van der Waals surface area contributed by atoms with Crippen LogP contribution in [-0.2, 0) is 6.42 Å². The third-order valence-corrected chi connectivity index (χ3v) is 2.51. The zero-order valence-corrected chi connectivity index (χ0v) is 9.92. The Labute approximate surface area is 92.5 Å². The summed E-state index contributed by atoms with van der Waals surface area (Å²) in [6, 6.07) is 7.87. The average Bonchev–Trinajstić information content (AvgIpc) is 2.17. The number of aldehydes is 1. The smallest absolute Gasteiger partial charge is 0.150 e. The number of aryl methyl sites for hydroxylation is 1. The summed E-state index contributed by atoms with van der Waals surface area (Å²) in [5, 5.41) is 0. The molecule has 0 bridgehead atoms. The van der Waals surface area contributed by atoms with Crippen LogP contribution in [0.15, 0.2) is 24.3 Å². The van der Waals surface area contributed by atoms with Gasteiger partial charge in [0.1, 0.15) is 6.29 Å². The van der Waals surface area contributed by atoms with Gasteiger partial charge < -0.3 is 0 Å². The Bertz CT molecular complexity index is 303. The molecule has 82 valence electrons. The van der Waals surface area contributed by atoms with E-state index in [1.165, 1.54) is 18.4 Å². The summed E-state index contributed by atoms with van der Waals surface area (Å²) in [5.41, 5.74) is 2.50. The standard InChI is InChI=1S/C14H20O/c1-14(2,3)10-4-5-12-6-8-13(11-15)9-7-12/h6-9,11H,4-5,10H2,1-3H3. The fraction of sp³-hybridized carbons (Fsp3) is 0.500. The lowest BCUT2D eigenvalue weighted by Crippen LogP contribution is -2.04. The summed E-state index contributed by atoms with van der Waals surface area (Å²) < 4.78 is 0. The topological polar surface area (TPSA) is 17.1 Å². The molecule has 0 saturated carbocycles. The second-order valence-electron chi connectivity index (χ2n) is 5.27. The Hall–Kier alpha value is -1.11. The van der Waals surface area contributed by atoms with Gasteiger partial charge >= 0.3 is 0 Å². The largest absolute Gasteiger partial charge is 0.298 e. The van der Waals surface area contributed by atoms with Crippen LogP contribution in [0.4, 0.5) is 0 Å². The summed E-state index contributed by atoms with van der Waals surface area (Å²) in [5.74, 6) is 0. The van der Waals surface area contributed by atoms with E-state index in [2.05, 4.69) is 20.8 Å². The number of carbonyl (C=O) groups excluding carboxylic acids is 1. The Kier molecular flexibility index (Phi) is 4.07. The lowest BCUT2D eigenvalue weighted by molar-refractivity contribution is 0.112. The predicted octanol–water partition coefficient (Wildman–Crippen LogP) is 3.87. The van der Waals surface area contributed by atoms with Gasteiger partial charge in [0.2, 0.25) is 0 Å². The van der Waals surface area contributed by atoms with Crippen LogP contribution in [-0.4, -0.2) is 6.29 Å². The minimum absolute atomic E-state index is 0.419. The first-order valence-corrected chi connectivity index (χ1v) is 5.55. The van der Waals surface area contributed by atoms with Crippen molar-refractivity contribution >= 4 is 6.29 Å². The summed E-state index contributed by atoms with van der Waals surface area (Å²) in [7, 11) is 0. The van der Waals surface area contributed by atoms with Gasteiger partial charge in [0, 0.05) is 5.56 Å². The molecule has 1 rings (SSSR count). The molecular formula is C14H20O. The minimum atomic E-state index is 0.419. The molecule has 0 aromatic heterocycles. The van der Waals surface area contributed by atoms with E-state index in [1.54, 1.807) is 0 Å².